The van der Waals surface area contributed by atoms with Crippen molar-refractivity contribution in [2.24, 2.45) is 0 Å². The second-order valence-corrected chi connectivity index (χ2v) is 4.37. The van der Waals surface area contributed by atoms with Crippen molar-refractivity contribution in [2.45, 2.75) is 26.7 Å². The second kappa shape index (κ2) is 4.66. The fourth-order valence-corrected chi connectivity index (χ4v) is 2.19. The van der Waals surface area contributed by atoms with Crippen LogP contribution in [0.2, 0.25) is 0 Å². The van der Waals surface area contributed by atoms with E-state index in [1.807, 2.05) is 17.7 Å². The summed E-state index contributed by atoms with van der Waals surface area (Å²) in [5, 5.41) is 0. The molecule has 0 saturated carbocycles. The molecule has 0 radical (unpaired) electrons. The zero-order valence-corrected chi connectivity index (χ0v) is 10.5. The first kappa shape index (κ1) is 11.1. The van der Waals surface area contributed by atoms with Gasteiger partial charge in [-0.25, -0.2) is 0 Å². The molecular weight excluding hydrogens is 216 g/mol. The summed E-state index contributed by atoms with van der Waals surface area (Å²) in [6, 6.07) is 8.60. The fourth-order valence-electron chi connectivity index (χ4n) is 1.88. The van der Waals surface area contributed by atoms with Crippen LogP contribution in [0.15, 0.2) is 30.5 Å². The van der Waals surface area contributed by atoms with Crippen LogP contribution in [-0.2, 0) is 6.42 Å². The Labute approximate surface area is 101 Å². The van der Waals surface area contributed by atoms with Crippen LogP contribution in [0.3, 0.4) is 0 Å². The van der Waals surface area contributed by atoms with Crippen molar-refractivity contribution in [3.8, 4) is 5.69 Å². The average molecular weight is 232 g/mol. The first-order chi connectivity index (χ1) is 7.72. The SMILES string of the molecule is CCCc1ccc(-n2c(C)c[nH]c2=S)cc1. The molecule has 0 aliphatic rings. The van der Waals surface area contributed by atoms with Gasteiger partial charge in [0.05, 0.1) is 0 Å². The lowest BCUT2D eigenvalue weighted by atomic mass is 10.1. The predicted octanol–water partition coefficient (Wildman–Crippen LogP) is 3.80. The van der Waals surface area contributed by atoms with Gasteiger partial charge in [0.15, 0.2) is 4.77 Å². The van der Waals surface area contributed by atoms with Crippen molar-refractivity contribution in [1.82, 2.24) is 9.55 Å². The number of imidazole rings is 1. The molecule has 1 aromatic carbocycles. The molecule has 1 N–H and O–H groups in total. The minimum absolute atomic E-state index is 0.751. The average Bonchev–Trinajstić information content (AvgIpc) is 2.61. The molecule has 1 heterocycles. The normalized spacial score (nSPS) is 10.6. The third kappa shape index (κ3) is 2.09. The van der Waals surface area contributed by atoms with E-state index in [1.165, 1.54) is 12.0 Å². The lowest BCUT2D eigenvalue weighted by Gasteiger charge is -2.06. The molecule has 0 saturated heterocycles. The van der Waals surface area contributed by atoms with Crippen molar-refractivity contribution in [2.75, 3.05) is 0 Å². The van der Waals surface area contributed by atoms with Gasteiger partial charge < -0.3 is 4.98 Å². The number of aromatic amines is 1. The summed E-state index contributed by atoms with van der Waals surface area (Å²) in [5.74, 6) is 0. The summed E-state index contributed by atoms with van der Waals surface area (Å²) in [4.78, 5) is 3.05. The number of nitrogens with zero attached hydrogens (tertiary/aromatic N) is 1. The Balaban J connectivity index is 2.39. The van der Waals surface area contributed by atoms with Crippen LogP contribution in [0, 0.1) is 11.7 Å². The molecule has 2 rings (SSSR count). The van der Waals surface area contributed by atoms with E-state index in [0.29, 0.717) is 0 Å². The number of benzene rings is 1. The van der Waals surface area contributed by atoms with Crippen LogP contribution < -0.4 is 0 Å². The molecule has 0 amide bonds. The highest BCUT2D eigenvalue weighted by Crippen LogP contribution is 2.14. The van der Waals surface area contributed by atoms with E-state index in [4.69, 9.17) is 12.2 Å². The van der Waals surface area contributed by atoms with E-state index in [1.54, 1.807) is 0 Å². The second-order valence-electron chi connectivity index (χ2n) is 3.99. The molecule has 0 aliphatic carbocycles. The van der Waals surface area contributed by atoms with Gasteiger partial charge in [-0.2, -0.15) is 0 Å². The van der Waals surface area contributed by atoms with Crippen LogP contribution >= 0.6 is 12.2 Å². The molecule has 1 aromatic heterocycles. The summed E-state index contributed by atoms with van der Waals surface area (Å²) in [6.45, 7) is 4.24. The number of H-pyrrole nitrogens is 1. The van der Waals surface area contributed by atoms with Crippen molar-refractivity contribution in [3.05, 3.63) is 46.5 Å². The summed E-state index contributed by atoms with van der Waals surface area (Å²) in [5.41, 5.74) is 3.64. The number of rotatable bonds is 3. The Hall–Kier alpha value is -1.35. The largest absolute Gasteiger partial charge is 0.337 e. The number of hydrogen-bond acceptors (Lipinski definition) is 1. The molecule has 16 heavy (non-hydrogen) atoms. The van der Waals surface area contributed by atoms with Gasteiger partial charge in [0.2, 0.25) is 0 Å². The quantitative estimate of drug-likeness (QED) is 0.798. The van der Waals surface area contributed by atoms with Crippen molar-refractivity contribution in [3.63, 3.8) is 0 Å². The molecule has 3 heteroatoms. The minimum atomic E-state index is 0.751. The predicted molar refractivity (Wildman–Crippen MR) is 69.7 cm³/mol. The molecule has 0 aliphatic heterocycles. The third-order valence-corrected chi connectivity index (χ3v) is 2.99. The van der Waals surface area contributed by atoms with Gasteiger partial charge in [-0.3, -0.25) is 4.57 Å². The van der Waals surface area contributed by atoms with Gasteiger partial charge >= 0.3 is 0 Å². The Bertz CT molecular complexity index is 520. The smallest absolute Gasteiger partial charge is 0.182 e. The van der Waals surface area contributed by atoms with Crippen LogP contribution in [0.25, 0.3) is 5.69 Å². The van der Waals surface area contributed by atoms with Gasteiger partial charge in [-0.05, 0) is 43.3 Å². The van der Waals surface area contributed by atoms with Crippen LogP contribution in [0.1, 0.15) is 24.6 Å². The molecule has 0 atom stereocenters. The van der Waals surface area contributed by atoms with Gasteiger partial charge in [0.25, 0.3) is 0 Å². The van der Waals surface area contributed by atoms with E-state index in [9.17, 15) is 0 Å². The Morgan fingerprint density at radius 3 is 2.44 bits per heavy atom. The molecule has 0 unspecified atom stereocenters. The zero-order valence-electron chi connectivity index (χ0n) is 9.66. The fraction of sp³-hybridized carbons (Fsp3) is 0.308. The summed E-state index contributed by atoms with van der Waals surface area (Å²) in [7, 11) is 0. The summed E-state index contributed by atoms with van der Waals surface area (Å²) >= 11 is 5.25. The van der Waals surface area contributed by atoms with Crippen LogP contribution in [-0.4, -0.2) is 9.55 Å². The van der Waals surface area contributed by atoms with Crippen molar-refractivity contribution < 1.29 is 0 Å². The van der Waals surface area contributed by atoms with Gasteiger partial charge in [0, 0.05) is 17.6 Å². The van der Waals surface area contributed by atoms with E-state index >= 15 is 0 Å². The molecule has 2 nitrogen and oxygen atoms in total. The van der Waals surface area contributed by atoms with Gasteiger partial charge in [-0.1, -0.05) is 25.5 Å². The van der Waals surface area contributed by atoms with Gasteiger partial charge in [-0.15, -0.1) is 0 Å². The number of nitrogens with one attached hydrogen (secondary N) is 1. The highest BCUT2D eigenvalue weighted by atomic mass is 32.1. The highest BCUT2D eigenvalue weighted by molar-refractivity contribution is 7.71. The molecule has 2 aromatic rings. The van der Waals surface area contributed by atoms with E-state index in [-0.39, 0.29) is 0 Å². The number of aryl methyl sites for hydroxylation is 2. The Kier molecular flexibility index (Phi) is 3.25. The summed E-state index contributed by atoms with van der Waals surface area (Å²) in [6.07, 6.45) is 4.25. The molecule has 0 fully saturated rings. The number of hydrogen-bond donors (Lipinski definition) is 1. The highest BCUT2D eigenvalue weighted by Gasteiger charge is 2.01. The maximum atomic E-state index is 5.25. The third-order valence-electron chi connectivity index (χ3n) is 2.69. The van der Waals surface area contributed by atoms with E-state index in [0.717, 1.165) is 22.6 Å². The lowest BCUT2D eigenvalue weighted by molar-refractivity contribution is 0.917. The van der Waals surface area contributed by atoms with Crippen molar-refractivity contribution >= 4 is 12.2 Å². The maximum Gasteiger partial charge on any atom is 0.182 e. The first-order valence-corrected chi connectivity index (χ1v) is 5.99. The molecular formula is C13H16N2S. The molecule has 0 spiro atoms. The first-order valence-electron chi connectivity index (χ1n) is 5.58. The van der Waals surface area contributed by atoms with Crippen molar-refractivity contribution in [1.29, 1.82) is 0 Å². The van der Waals surface area contributed by atoms with E-state index < -0.39 is 0 Å². The van der Waals surface area contributed by atoms with Gasteiger partial charge in [0.1, 0.15) is 0 Å². The minimum Gasteiger partial charge on any atom is -0.337 e. The Morgan fingerprint density at radius 2 is 1.94 bits per heavy atom. The van der Waals surface area contributed by atoms with Crippen LogP contribution in [0.4, 0.5) is 0 Å². The lowest BCUT2D eigenvalue weighted by Crippen LogP contribution is -1.96. The zero-order chi connectivity index (χ0) is 11.5. The standard InChI is InChI=1S/C13H16N2S/c1-3-4-11-5-7-12(8-6-11)15-10(2)9-14-13(15)16/h5-9H,3-4H2,1-2H3,(H,14,16). The maximum absolute atomic E-state index is 5.25. The monoisotopic (exact) mass is 232 g/mol. The van der Waals surface area contributed by atoms with E-state index in [2.05, 4.69) is 36.2 Å². The van der Waals surface area contributed by atoms with Crippen LogP contribution in [0.5, 0.6) is 0 Å². The molecule has 0 bridgehead atoms. The molecule has 84 valence electrons. The topological polar surface area (TPSA) is 20.7 Å². The Morgan fingerprint density at radius 1 is 1.25 bits per heavy atom. The number of aromatic nitrogens is 2. The summed E-state index contributed by atoms with van der Waals surface area (Å²) < 4.78 is 2.80.